The van der Waals surface area contributed by atoms with Crippen LogP contribution in [0.15, 0.2) is 28.9 Å². The number of carbonyl (C=O) groups excluding carboxylic acids is 1. The standard InChI is InChI=1S/C12H12N2O3/c15-11-8-2-1-3-9(8)13-10-5-4-7(12(16)17)6-14(10)11/h4-6,8-9H,1-3H2,(H,16,17). The van der Waals surface area contributed by atoms with Crippen LogP contribution in [-0.2, 0) is 9.59 Å². The molecule has 5 nitrogen and oxygen atoms in total. The fourth-order valence-corrected chi connectivity index (χ4v) is 2.63. The quantitative estimate of drug-likeness (QED) is 0.731. The molecule has 0 spiro atoms. The number of hydrogen-bond acceptors (Lipinski definition) is 3. The summed E-state index contributed by atoms with van der Waals surface area (Å²) in [6, 6.07) is 0.0955. The van der Waals surface area contributed by atoms with Crippen molar-refractivity contribution in [2.24, 2.45) is 10.9 Å². The van der Waals surface area contributed by atoms with Crippen LogP contribution in [0, 0.1) is 5.92 Å². The van der Waals surface area contributed by atoms with Gasteiger partial charge in [-0.1, -0.05) is 6.42 Å². The van der Waals surface area contributed by atoms with Crippen molar-refractivity contribution >= 4 is 17.7 Å². The lowest BCUT2D eigenvalue weighted by atomic mass is 9.99. The fraction of sp³-hybridized carbons (Fsp3) is 0.417. The lowest BCUT2D eigenvalue weighted by Gasteiger charge is -2.31. The number of nitrogens with zero attached hydrogens (tertiary/aromatic N) is 2. The van der Waals surface area contributed by atoms with E-state index < -0.39 is 5.97 Å². The largest absolute Gasteiger partial charge is 0.478 e. The highest BCUT2D eigenvalue weighted by molar-refractivity contribution is 6.11. The van der Waals surface area contributed by atoms with Gasteiger partial charge in [-0.15, -0.1) is 0 Å². The molecule has 2 atom stereocenters. The monoisotopic (exact) mass is 232 g/mol. The van der Waals surface area contributed by atoms with Crippen molar-refractivity contribution in [1.82, 2.24) is 4.90 Å². The highest BCUT2D eigenvalue weighted by Gasteiger charge is 2.40. The van der Waals surface area contributed by atoms with Gasteiger partial charge in [-0.05, 0) is 25.0 Å². The molecule has 1 N–H and O–H groups in total. The first-order chi connectivity index (χ1) is 8.16. The van der Waals surface area contributed by atoms with E-state index in [1.165, 1.54) is 17.2 Å². The maximum absolute atomic E-state index is 12.2. The third-order valence-corrected chi connectivity index (χ3v) is 3.51. The highest BCUT2D eigenvalue weighted by Crippen LogP contribution is 2.34. The Kier molecular flexibility index (Phi) is 2.14. The molecule has 0 aromatic carbocycles. The van der Waals surface area contributed by atoms with Crippen molar-refractivity contribution < 1.29 is 14.7 Å². The molecular formula is C12H12N2O3. The molecule has 1 saturated carbocycles. The number of carbonyl (C=O) groups is 2. The molecule has 0 bridgehead atoms. The third kappa shape index (κ3) is 1.50. The summed E-state index contributed by atoms with van der Waals surface area (Å²) >= 11 is 0. The Bertz CT molecular complexity index is 490. The van der Waals surface area contributed by atoms with Gasteiger partial charge in [-0.25, -0.2) is 4.79 Å². The Morgan fingerprint density at radius 1 is 1.41 bits per heavy atom. The van der Waals surface area contributed by atoms with Gasteiger partial charge in [0.25, 0.3) is 0 Å². The van der Waals surface area contributed by atoms with Crippen LogP contribution < -0.4 is 0 Å². The van der Waals surface area contributed by atoms with Gasteiger partial charge in [0.05, 0.1) is 17.5 Å². The van der Waals surface area contributed by atoms with E-state index in [2.05, 4.69) is 4.99 Å². The summed E-state index contributed by atoms with van der Waals surface area (Å²) in [5, 5.41) is 8.90. The predicted octanol–water partition coefficient (Wildman–Crippen LogP) is 0.934. The smallest absolute Gasteiger partial charge is 0.337 e. The molecule has 0 aromatic rings. The number of fused-ring (bicyclic) bond motifs is 2. The first-order valence-corrected chi connectivity index (χ1v) is 5.71. The number of amidine groups is 1. The minimum absolute atomic E-state index is 0.0133. The molecule has 17 heavy (non-hydrogen) atoms. The number of hydrogen-bond donors (Lipinski definition) is 1. The Morgan fingerprint density at radius 3 is 3.00 bits per heavy atom. The number of aliphatic imine (C=N–C) groups is 1. The molecule has 0 radical (unpaired) electrons. The van der Waals surface area contributed by atoms with Crippen molar-refractivity contribution in [3.63, 3.8) is 0 Å². The maximum Gasteiger partial charge on any atom is 0.337 e. The molecule has 2 unspecified atom stereocenters. The van der Waals surface area contributed by atoms with Crippen molar-refractivity contribution in [2.45, 2.75) is 25.3 Å². The Balaban J connectivity index is 2.00. The van der Waals surface area contributed by atoms with E-state index in [4.69, 9.17) is 5.11 Å². The molecular weight excluding hydrogens is 220 g/mol. The molecule has 3 rings (SSSR count). The van der Waals surface area contributed by atoms with E-state index in [-0.39, 0.29) is 23.4 Å². The number of carboxylic acids is 1. The minimum atomic E-state index is -1.03. The Labute approximate surface area is 98.1 Å². The zero-order valence-electron chi connectivity index (χ0n) is 9.17. The molecule has 5 heteroatoms. The maximum atomic E-state index is 12.2. The Hall–Kier alpha value is -1.91. The van der Waals surface area contributed by atoms with Gasteiger partial charge in [-0.2, -0.15) is 0 Å². The average Bonchev–Trinajstić information content (AvgIpc) is 2.77. The van der Waals surface area contributed by atoms with E-state index in [0.29, 0.717) is 5.84 Å². The van der Waals surface area contributed by atoms with Gasteiger partial charge in [-0.3, -0.25) is 14.7 Å². The van der Waals surface area contributed by atoms with Crippen molar-refractivity contribution in [3.8, 4) is 0 Å². The van der Waals surface area contributed by atoms with E-state index in [0.717, 1.165) is 19.3 Å². The number of amides is 1. The number of aliphatic carboxylic acids is 1. The summed E-state index contributed by atoms with van der Waals surface area (Å²) in [5.74, 6) is -0.526. The van der Waals surface area contributed by atoms with Crippen LogP contribution in [0.25, 0.3) is 0 Å². The normalized spacial score (nSPS) is 30.6. The van der Waals surface area contributed by atoms with Crippen LogP contribution in [0.5, 0.6) is 0 Å². The average molecular weight is 232 g/mol. The zero-order valence-corrected chi connectivity index (χ0v) is 9.17. The van der Waals surface area contributed by atoms with E-state index >= 15 is 0 Å². The van der Waals surface area contributed by atoms with Crippen LogP contribution in [0.1, 0.15) is 19.3 Å². The third-order valence-electron chi connectivity index (χ3n) is 3.51. The second-order valence-corrected chi connectivity index (χ2v) is 4.52. The number of carboxylic acid groups (broad SMARTS) is 1. The lowest BCUT2D eigenvalue weighted by molar-refractivity contribution is -0.132. The summed E-state index contributed by atoms with van der Waals surface area (Å²) in [4.78, 5) is 28.9. The molecule has 1 aliphatic carbocycles. The van der Waals surface area contributed by atoms with E-state index in [1.54, 1.807) is 6.08 Å². The SMILES string of the molecule is O=C(O)C1=CN2C(=O)C3CCCC3N=C2C=C1. The van der Waals surface area contributed by atoms with Crippen LogP contribution >= 0.6 is 0 Å². The summed E-state index contributed by atoms with van der Waals surface area (Å²) in [6.07, 6.45) is 7.30. The molecule has 0 aromatic heterocycles. The van der Waals surface area contributed by atoms with Gasteiger partial charge in [0, 0.05) is 6.20 Å². The van der Waals surface area contributed by atoms with Gasteiger partial charge in [0.2, 0.25) is 5.91 Å². The fourth-order valence-electron chi connectivity index (χ4n) is 2.63. The molecule has 2 aliphatic heterocycles. The zero-order chi connectivity index (χ0) is 12.0. The van der Waals surface area contributed by atoms with Crippen molar-refractivity contribution in [2.75, 3.05) is 0 Å². The highest BCUT2D eigenvalue weighted by atomic mass is 16.4. The lowest BCUT2D eigenvalue weighted by Crippen LogP contribution is -2.45. The second-order valence-electron chi connectivity index (χ2n) is 4.52. The van der Waals surface area contributed by atoms with Gasteiger partial charge in [0.15, 0.2) is 0 Å². The Morgan fingerprint density at radius 2 is 2.24 bits per heavy atom. The number of rotatable bonds is 1. The minimum Gasteiger partial charge on any atom is -0.478 e. The molecule has 1 amide bonds. The molecule has 1 fully saturated rings. The molecule has 2 heterocycles. The summed E-state index contributed by atoms with van der Waals surface area (Å²) in [6.45, 7) is 0. The van der Waals surface area contributed by atoms with Gasteiger partial charge >= 0.3 is 5.97 Å². The van der Waals surface area contributed by atoms with E-state index in [1.807, 2.05) is 0 Å². The van der Waals surface area contributed by atoms with E-state index in [9.17, 15) is 9.59 Å². The predicted molar refractivity (Wildman–Crippen MR) is 60.3 cm³/mol. The summed E-state index contributed by atoms with van der Waals surface area (Å²) < 4.78 is 0. The van der Waals surface area contributed by atoms with Gasteiger partial charge < -0.3 is 5.11 Å². The second kappa shape index (κ2) is 3.55. The van der Waals surface area contributed by atoms with Crippen LogP contribution in [-0.4, -0.2) is 33.8 Å². The topological polar surface area (TPSA) is 70.0 Å². The van der Waals surface area contributed by atoms with Crippen molar-refractivity contribution in [3.05, 3.63) is 23.9 Å². The first-order valence-electron chi connectivity index (χ1n) is 5.71. The van der Waals surface area contributed by atoms with Crippen LogP contribution in [0.2, 0.25) is 0 Å². The van der Waals surface area contributed by atoms with Crippen LogP contribution in [0.4, 0.5) is 0 Å². The summed E-state index contributed by atoms with van der Waals surface area (Å²) in [5.41, 5.74) is 0.119. The molecule has 0 saturated heterocycles. The van der Waals surface area contributed by atoms with Gasteiger partial charge in [0.1, 0.15) is 5.84 Å². The molecule has 3 aliphatic rings. The van der Waals surface area contributed by atoms with Crippen LogP contribution in [0.3, 0.4) is 0 Å². The first kappa shape index (κ1) is 10.3. The van der Waals surface area contributed by atoms with Crippen molar-refractivity contribution in [1.29, 1.82) is 0 Å². The molecule has 88 valence electrons. The summed E-state index contributed by atoms with van der Waals surface area (Å²) in [7, 11) is 0.